The van der Waals surface area contributed by atoms with Crippen LogP contribution in [0.2, 0.25) is 0 Å². The Labute approximate surface area is 127 Å². The lowest BCUT2D eigenvalue weighted by atomic mass is 10.2. The molecule has 2 rings (SSSR count). The first-order valence-electron chi connectivity index (χ1n) is 7.73. The fourth-order valence-electron chi connectivity index (χ4n) is 2.53. The minimum absolute atomic E-state index is 0.0349. The number of hydrogen-bond donors (Lipinski definition) is 1. The number of hydrogen-bond acceptors (Lipinski definition) is 3. The molecule has 0 aliphatic carbocycles. The molecule has 1 aliphatic heterocycles. The van der Waals surface area contributed by atoms with Crippen molar-refractivity contribution in [3.63, 3.8) is 0 Å². The molecular weight excluding hydrogens is 264 g/mol. The first-order valence-corrected chi connectivity index (χ1v) is 7.73. The Kier molecular flexibility index (Phi) is 5.44. The standard InChI is InChI=1S/C16H26N4O/c1-4-19(5-2)16(21)17-14-6-8-15(9-7-14)20-12-10-18(3)11-13-20/h6-9H,4-5,10-13H2,1-3H3,(H,17,21). The van der Waals surface area contributed by atoms with Gasteiger partial charge in [0.2, 0.25) is 0 Å². The fraction of sp³-hybridized carbons (Fsp3) is 0.562. The van der Waals surface area contributed by atoms with Crippen LogP contribution in [0.3, 0.4) is 0 Å². The van der Waals surface area contributed by atoms with Crippen molar-refractivity contribution in [2.45, 2.75) is 13.8 Å². The monoisotopic (exact) mass is 290 g/mol. The number of carbonyl (C=O) groups excluding carboxylic acids is 1. The minimum atomic E-state index is -0.0349. The number of nitrogens with one attached hydrogen (secondary N) is 1. The molecule has 0 radical (unpaired) electrons. The SMILES string of the molecule is CCN(CC)C(=O)Nc1ccc(N2CCN(C)CC2)cc1. The maximum absolute atomic E-state index is 12.0. The van der Waals surface area contributed by atoms with Crippen molar-refractivity contribution >= 4 is 17.4 Å². The average molecular weight is 290 g/mol. The van der Waals surface area contributed by atoms with Gasteiger partial charge in [-0.05, 0) is 45.2 Å². The lowest BCUT2D eigenvalue weighted by Gasteiger charge is -2.34. The normalized spacial score (nSPS) is 15.9. The summed E-state index contributed by atoms with van der Waals surface area (Å²) in [6.45, 7) is 9.73. The Morgan fingerprint density at radius 2 is 1.67 bits per heavy atom. The Hall–Kier alpha value is -1.75. The van der Waals surface area contributed by atoms with Gasteiger partial charge in [-0.2, -0.15) is 0 Å². The fourth-order valence-corrected chi connectivity index (χ4v) is 2.53. The molecule has 21 heavy (non-hydrogen) atoms. The van der Waals surface area contributed by atoms with Crippen LogP contribution in [-0.4, -0.2) is 62.1 Å². The average Bonchev–Trinajstić information content (AvgIpc) is 2.50. The first kappa shape index (κ1) is 15.6. The van der Waals surface area contributed by atoms with Gasteiger partial charge in [-0.25, -0.2) is 4.79 Å². The van der Waals surface area contributed by atoms with Gasteiger partial charge >= 0.3 is 6.03 Å². The van der Waals surface area contributed by atoms with Crippen LogP contribution in [0, 0.1) is 0 Å². The number of benzene rings is 1. The summed E-state index contributed by atoms with van der Waals surface area (Å²) in [5.41, 5.74) is 2.08. The summed E-state index contributed by atoms with van der Waals surface area (Å²) < 4.78 is 0. The predicted molar refractivity (Wildman–Crippen MR) is 88.1 cm³/mol. The van der Waals surface area contributed by atoms with E-state index in [9.17, 15) is 4.79 Å². The van der Waals surface area contributed by atoms with Crippen molar-refractivity contribution in [3.05, 3.63) is 24.3 Å². The molecule has 0 aromatic heterocycles. The van der Waals surface area contributed by atoms with Gasteiger partial charge in [-0.1, -0.05) is 0 Å². The van der Waals surface area contributed by atoms with E-state index in [1.807, 2.05) is 26.0 Å². The molecule has 1 aromatic rings. The number of anilines is 2. The van der Waals surface area contributed by atoms with Crippen molar-refractivity contribution in [3.8, 4) is 0 Å². The number of carbonyl (C=O) groups is 1. The van der Waals surface area contributed by atoms with E-state index in [0.717, 1.165) is 45.0 Å². The molecule has 5 heteroatoms. The largest absolute Gasteiger partial charge is 0.369 e. The van der Waals surface area contributed by atoms with Crippen LogP contribution in [-0.2, 0) is 0 Å². The Balaban J connectivity index is 1.94. The van der Waals surface area contributed by atoms with Gasteiger partial charge in [0.05, 0.1) is 0 Å². The summed E-state index contributed by atoms with van der Waals surface area (Å²) in [4.78, 5) is 18.5. The zero-order valence-corrected chi connectivity index (χ0v) is 13.3. The van der Waals surface area contributed by atoms with Gasteiger partial charge in [0.25, 0.3) is 0 Å². The number of piperazine rings is 1. The predicted octanol–water partition coefficient (Wildman–Crippen LogP) is 2.31. The van der Waals surface area contributed by atoms with Crippen molar-refractivity contribution < 1.29 is 4.79 Å². The zero-order chi connectivity index (χ0) is 15.2. The number of rotatable bonds is 4. The summed E-state index contributed by atoms with van der Waals surface area (Å²) >= 11 is 0. The molecule has 0 spiro atoms. The van der Waals surface area contributed by atoms with E-state index < -0.39 is 0 Å². The molecule has 1 N–H and O–H groups in total. The quantitative estimate of drug-likeness (QED) is 0.925. The van der Waals surface area contributed by atoms with Crippen LogP contribution in [0.1, 0.15) is 13.8 Å². The van der Waals surface area contributed by atoms with Crippen LogP contribution in [0.15, 0.2) is 24.3 Å². The highest BCUT2D eigenvalue weighted by Gasteiger charge is 2.14. The van der Waals surface area contributed by atoms with Gasteiger partial charge in [-0.3, -0.25) is 0 Å². The molecule has 1 fully saturated rings. The van der Waals surface area contributed by atoms with E-state index in [1.165, 1.54) is 5.69 Å². The Bertz CT molecular complexity index is 448. The second kappa shape index (κ2) is 7.31. The van der Waals surface area contributed by atoms with Gasteiger partial charge in [-0.15, -0.1) is 0 Å². The topological polar surface area (TPSA) is 38.8 Å². The van der Waals surface area contributed by atoms with Crippen LogP contribution >= 0.6 is 0 Å². The third kappa shape index (κ3) is 4.11. The summed E-state index contributed by atoms with van der Waals surface area (Å²) in [5, 5.41) is 2.94. The Morgan fingerprint density at radius 1 is 1.10 bits per heavy atom. The van der Waals surface area contributed by atoms with Crippen molar-refractivity contribution in [1.82, 2.24) is 9.80 Å². The lowest BCUT2D eigenvalue weighted by Crippen LogP contribution is -2.44. The first-order chi connectivity index (χ1) is 10.1. The number of likely N-dealkylation sites (N-methyl/N-ethyl adjacent to an activating group) is 1. The number of urea groups is 1. The highest BCUT2D eigenvalue weighted by atomic mass is 16.2. The third-order valence-corrected chi connectivity index (χ3v) is 4.04. The van der Waals surface area contributed by atoms with Crippen LogP contribution in [0.4, 0.5) is 16.2 Å². The number of amides is 2. The molecule has 0 saturated carbocycles. The molecule has 0 bridgehead atoms. The molecule has 0 atom stereocenters. The van der Waals surface area contributed by atoms with Crippen molar-refractivity contribution in [2.24, 2.45) is 0 Å². The molecular formula is C16H26N4O. The molecule has 1 saturated heterocycles. The molecule has 1 aromatic carbocycles. The van der Waals surface area contributed by atoms with Gasteiger partial charge in [0.15, 0.2) is 0 Å². The summed E-state index contributed by atoms with van der Waals surface area (Å²) in [6.07, 6.45) is 0. The van der Waals surface area contributed by atoms with E-state index in [1.54, 1.807) is 4.90 Å². The molecule has 1 aliphatic rings. The molecule has 1 heterocycles. The third-order valence-electron chi connectivity index (χ3n) is 4.04. The molecule has 5 nitrogen and oxygen atoms in total. The second-order valence-corrected chi connectivity index (χ2v) is 5.44. The summed E-state index contributed by atoms with van der Waals surface area (Å²) in [7, 11) is 2.16. The van der Waals surface area contributed by atoms with E-state index >= 15 is 0 Å². The molecule has 116 valence electrons. The second-order valence-electron chi connectivity index (χ2n) is 5.44. The Morgan fingerprint density at radius 3 is 2.19 bits per heavy atom. The molecule has 0 unspecified atom stereocenters. The smallest absolute Gasteiger partial charge is 0.321 e. The summed E-state index contributed by atoms with van der Waals surface area (Å²) in [6, 6.07) is 8.10. The van der Waals surface area contributed by atoms with E-state index in [4.69, 9.17) is 0 Å². The summed E-state index contributed by atoms with van der Waals surface area (Å²) in [5.74, 6) is 0. The zero-order valence-electron chi connectivity index (χ0n) is 13.3. The van der Waals surface area contributed by atoms with Crippen LogP contribution < -0.4 is 10.2 Å². The van der Waals surface area contributed by atoms with Gasteiger partial charge in [0, 0.05) is 50.6 Å². The van der Waals surface area contributed by atoms with E-state index in [0.29, 0.717) is 0 Å². The maximum atomic E-state index is 12.0. The molecule has 2 amide bonds. The van der Waals surface area contributed by atoms with Gasteiger partial charge < -0.3 is 20.0 Å². The highest BCUT2D eigenvalue weighted by molar-refractivity contribution is 5.89. The van der Waals surface area contributed by atoms with Crippen LogP contribution in [0.5, 0.6) is 0 Å². The van der Waals surface area contributed by atoms with Crippen LogP contribution in [0.25, 0.3) is 0 Å². The maximum Gasteiger partial charge on any atom is 0.321 e. The van der Waals surface area contributed by atoms with E-state index in [-0.39, 0.29) is 6.03 Å². The highest BCUT2D eigenvalue weighted by Crippen LogP contribution is 2.19. The van der Waals surface area contributed by atoms with Crippen molar-refractivity contribution in [1.29, 1.82) is 0 Å². The van der Waals surface area contributed by atoms with Crippen molar-refractivity contribution in [2.75, 3.05) is 56.5 Å². The number of nitrogens with zero attached hydrogens (tertiary/aromatic N) is 3. The van der Waals surface area contributed by atoms with Gasteiger partial charge in [0.1, 0.15) is 0 Å². The minimum Gasteiger partial charge on any atom is -0.369 e. The lowest BCUT2D eigenvalue weighted by molar-refractivity contribution is 0.217. The van der Waals surface area contributed by atoms with E-state index in [2.05, 4.69) is 34.3 Å².